The molecule has 6 nitrogen and oxygen atoms in total. The van der Waals surface area contributed by atoms with Gasteiger partial charge in [0.05, 0.1) is 10.9 Å². The lowest BCUT2D eigenvalue weighted by Crippen LogP contribution is -2.50. The van der Waals surface area contributed by atoms with E-state index in [1.54, 1.807) is 12.1 Å². The van der Waals surface area contributed by atoms with Gasteiger partial charge in [0.1, 0.15) is 0 Å². The summed E-state index contributed by atoms with van der Waals surface area (Å²) in [5, 5.41) is 6.24. The van der Waals surface area contributed by atoms with Gasteiger partial charge in [-0.25, -0.2) is 8.42 Å². The molecule has 2 saturated heterocycles. The number of nitrogens with zero attached hydrogens (tertiary/aromatic N) is 1. The molecule has 0 aromatic heterocycles. The summed E-state index contributed by atoms with van der Waals surface area (Å²) >= 11 is 0. The third kappa shape index (κ3) is 3.79. The average molecular weight is 351 g/mol. The number of aryl methyl sites for hydroxylation is 1. The zero-order chi connectivity index (χ0) is 17.2. The zero-order valence-corrected chi connectivity index (χ0v) is 14.8. The summed E-state index contributed by atoms with van der Waals surface area (Å²) in [6, 6.07) is 6.92. The van der Waals surface area contributed by atoms with Gasteiger partial charge in [0.25, 0.3) is 0 Å². The largest absolute Gasteiger partial charge is 0.352 e. The smallest absolute Gasteiger partial charge is 0.243 e. The fourth-order valence-corrected chi connectivity index (χ4v) is 4.78. The molecule has 1 aromatic rings. The third-order valence-electron chi connectivity index (χ3n) is 4.84. The summed E-state index contributed by atoms with van der Waals surface area (Å²) in [4.78, 5) is 12.5. The van der Waals surface area contributed by atoms with E-state index in [-0.39, 0.29) is 18.0 Å². The van der Waals surface area contributed by atoms with Crippen molar-refractivity contribution in [1.29, 1.82) is 0 Å². The second-order valence-electron chi connectivity index (χ2n) is 6.65. The Kier molecular flexibility index (Phi) is 5.22. The van der Waals surface area contributed by atoms with Crippen LogP contribution in [-0.4, -0.2) is 50.3 Å². The molecule has 2 fully saturated rings. The Labute approximate surface area is 143 Å². The number of hydrogen-bond donors (Lipinski definition) is 2. The second kappa shape index (κ2) is 7.21. The molecule has 2 aliphatic heterocycles. The highest BCUT2D eigenvalue weighted by Gasteiger charge is 2.31. The molecule has 1 atom stereocenters. The molecule has 24 heavy (non-hydrogen) atoms. The van der Waals surface area contributed by atoms with E-state index in [0.29, 0.717) is 30.8 Å². The standard InChI is InChI=1S/C17H25N3O3S/c1-13-4-6-15(7-5-13)24(22,23)20-11-8-14(9-12-20)19-17(21)16-3-2-10-18-16/h4-7,14,16,18H,2-3,8-12H2,1H3,(H,19,21). The average Bonchev–Trinajstić information content (AvgIpc) is 3.10. The van der Waals surface area contributed by atoms with Gasteiger partial charge in [0.15, 0.2) is 0 Å². The Bertz CT molecular complexity index is 674. The molecule has 2 N–H and O–H groups in total. The first-order valence-corrected chi connectivity index (χ1v) is 10.0. The Hall–Kier alpha value is -1.44. The van der Waals surface area contributed by atoms with E-state index < -0.39 is 10.0 Å². The number of benzene rings is 1. The number of hydrogen-bond acceptors (Lipinski definition) is 4. The van der Waals surface area contributed by atoms with Crippen LogP contribution in [0.1, 0.15) is 31.2 Å². The van der Waals surface area contributed by atoms with Gasteiger partial charge in [-0.3, -0.25) is 4.79 Å². The van der Waals surface area contributed by atoms with Crippen molar-refractivity contribution in [2.75, 3.05) is 19.6 Å². The van der Waals surface area contributed by atoms with Crippen molar-refractivity contribution >= 4 is 15.9 Å². The molecule has 0 radical (unpaired) electrons. The molecule has 0 spiro atoms. The monoisotopic (exact) mass is 351 g/mol. The van der Waals surface area contributed by atoms with Crippen molar-refractivity contribution in [1.82, 2.24) is 14.9 Å². The normalized spacial score (nSPS) is 23.3. The highest BCUT2D eigenvalue weighted by Crippen LogP contribution is 2.21. The first-order chi connectivity index (χ1) is 11.5. The maximum absolute atomic E-state index is 12.7. The SMILES string of the molecule is Cc1ccc(S(=O)(=O)N2CCC(NC(=O)C3CCCN3)CC2)cc1. The minimum Gasteiger partial charge on any atom is -0.352 e. The van der Waals surface area contributed by atoms with Gasteiger partial charge in [-0.05, 0) is 51.3 Å². The summed E-state index contributed by atoms with van der Waals surface area (Å²) in [5.41, 5.74) is 1.04. The van der Waals surface area contributed by atoms with Gasteiger partial charge >= 0.3 is 0 Å². The lowest BCUT2D eigenvalue weighted by Gasteiger charge is -2.32. The number of rotatable bonds is 4. The number of amides is 1. The van der Waals surface area contributed by atoms with Crippen molar-refractivity contribution in [2.45, 2.75) is 49.6 Å². The van der Waals surface area contributed by atoms with E-state index in [2.05, 4.69) is 10.6 Å². The topological polar surface area (TPSA) is 78.5 Å². The summed E-state index contributed by atoms with van der Waals surface area (Å²) in [7, 11) is -3.44. The van der Waals surface area contributed by atoms with Crippen molar-refractivity contribution in [3.63, 3.8) is 0 Å². The maximum Gasteiger partial charge on any atom is 0.243 e. The highest BCUT2D eigenvalue weighted by atomic mass is 32.2. The number of piperidine rings is 1. The molecule has 1 unspecified atom stereocenters. The molecular formula is C17H25N3O3S. The van der Waals surface area contributed by atoms with E-state index in [0.717, 1.165) is 24.9 Å². The summed E-state index contributed by atoms with van der Waals surface area (Å²) in [6.07, 6.45) is 3.23. The van der Waals surface area contributed by atoms with Gasteiger partial charge in [0.2, 0.25) is 15.9 Å². The molecular weight excluding hydrogens is 326 g/mol. The van der Waals surface area contributed by atoms with Gasteiger partial charge in [-0.2, -0.15) is 4.31 Å². The van der Waals surface area contributed by atoms with Crippen molar-refractivity contribution in [3.8, 4) is 0 Å². The summed E-state index contributed by atoms with van der Waals surface area (Å²) < 4.78 is 26.9. The Balaban J connectivity index is 1.56. The first kappa shape index (κ1) is 17.4. The minimum absolute atomic E-state index is 0.0485. The Morgan fingerprint density at radius 3 is 2.42 bits per heavy atom. The van der Waals surface area contributed by atoms with Crippen LogP contribution in [0.15, 0.2) is 29.2 Å². The van der Waals surface area contributed by atoms with Crippen LogP contribution in [0.3, 0.4) is 0 Å². The highest BCUT2D eigenvalue weighted by molar-refractivity contribution is 7.89. The fraction of sp³-hybridized carbons (Fsp3) is 0.588. The van der Waals surface area contributed by atoms with Crippen molar-refractivity contribution in [3.05, 3.63) is 29.8 Å². The van der Waals surface area contributed by atoms with Crippen LogP contribution in [0, 0.1) is 6.92 Å². The van der Waals surface area contributed by atoms with Gasteiger partial charge < -0.3 is 10.6 Å². The van der Waals surface area contributed by atoms with E-state index in [9.17, 15) is 13.2 Å². The molecule has 0 bridgehead atoms. The van der Waals surface area contributed by atoms with E-state index in [4.69, 9.17) is 0 Å². The minimum atomic E-state index is -3.44. The molecule has 1 aromatic carbocycles. The molecule has 2 aliphatic rings. The van der Waals surface area contributed by atoms with Gasteiger partial charge in [0, 0.05) is 19.1 Å². The number of carbonyl (C=O) groups is 1. The fourth-order valence-electron chi connectivity index (χ4n) is 3.31. The van der Waals surface area contributed by atoms with Gasteiger partial charge in [-0.1, -0.05) is 17.7 Å². The van der Waals surface area contributed by atoms with Crippen LogP contribution in [0.4, 0.5) is 0 Å². The number of nitrogens with one attached hydrogen (secondary N) is 2. The lowest BCUT2D eigenvalue weighted by atomic mass is 10.1. The van der Waals surface area contributed by atoms with Crippen molar-refractivity contribution in [2.24, 2.45) is 0 Å². The summed E-state index contributed by atoms with van der Waals surface area (Å²) in [5.74, 6) is 0.0485. The predicted molar refractivity (Wildman–Crippen MR) is 92.1 cm³/mol. The lowest BCUT2D eigenvalue weighted by molar-refractivity contribution is -0.123. The van der Waals surface area contributed by atoms with E-state index >= 15 is 0 Å². The van der Waals surface area contributed by atoms with Crippen LogP contribution in [0.5, 0.6) is 0 Å². The molecule has 2 heterocycles. The Morgan fingerprint density at radius 2 is 1.83 bits per heavy atom. The Morgan fingerprint density at radius 1 is 1.17 bits per heavy atom. The maximum atomic E-state index is 12.7. The molecule has 3 rings (SSSR count). The van der Waals surface area contributed by atoms with Crippen LogP contribution < -0.4 is 10.6 Å². The van der Waals surface area contributed by atoms with Crippen LogP contribution in [0.25, 0.3) is 0 Å². The molecule has 7 heteroatoms. The number of sulfonamides is 1. The van der Waals surface area contributed by atoms with E-state index in [1.165, 1.54) is 4.31 Å². The first-order valence-electron chi connectivity index (χ1n) is 8.57. The van der Waals surface area contributed by atoms with Gasteiger partial charge in [-0.15, -0.1) is 0 Å². The van der Waals surface area contributed by atoms with Crippen molar-refractivity contribution < 1.29 is 13.2 Å². The van der Waals surface area contributed by atoms with Crippen LogP contribution in [-0.2, 0) is 14.8 Å². The quantitative estimate of drug-likeness (QED) is 0.849. The second-order valence-corrected chi connectivity index (χ2v) is 8.59. The number of carbonyl (C=O) groups excluding carboxylic acids is 1. The molecule has 1 amide bonds. The molecule has 0 saturated carbocycles. The van der Waals surface area contributed by atoms with Crippen LogP contribution >= 0.6 is 0 Å². The third-order valence-corrected chi connectivity index (χ3v) is 6.75. The van der Waals surface area contributed by atoms with Crippen LogP contribution in [0.2, 0.25) is 0 Å². The molecule has 0 aliphatic carbocycles. The molecule has 132 valence electrons. The summed E-state index contributed by atoms with van der Waals surface area (Å²) in [6.45, 7) is 3.72. The zero-order valence-electron chi connectivity index (χ0n) is 14.0. The predicted octanol–water partition coefficient (Wildman–Crippen LogP) is 1.02. The van der Waals surface area contributed by atoms with E-state index in [1.807, 2.05) is 19.1 Å².